The van der Waals surface area contributed by atoms with Gasteiger partial charge in [0.2, 0.25) is 0 Å². The number of amides is 4. The Morgan fingerprint density at radius 1 is 0.370 bits per heavy atom. The van der Waals surface area contributed by atoms with Crippen molar-refractivity contribution in [2.24, 2.45) is 0 Å². The quantitative estimate of drug-likeness (QED) is 0.181. The lowest BCUT2D eigenvalue weighted by molar-refractivity contribution is 0.0910. The Hall–Kier alpha value is -6.02. The average molecular weight is 609 g/mol. The molecule has 0 aliphatic carbocycles. The number of nitrogens with zero attached hydrogens (tertiary/aromatic N) is 2. The lowest BCUT2D eigenvalue weighted by Crippen LogP contribution is -2.29. The fourth-order valence-corrected chi connectivity index (χ4v) is 5.61. The maximum Gasteiger partial charge on any atom is 0.266 e. The predicted molar refractivity (Wildman–Crippen MR) is 174 cm³/mol. The first-order valence-electron chi connectivity index (χ1n) is 14.7. The number of imide groups is 2. The minimum atomic E-state index is -0.399. The zero-order chi connectivity index (χ0) is 32.3. The molecule has 0 aromatic heterocycles. The summed E-state index contributed by atoms with van der Waals surface area (Å²) < 4.78 is 12.0. The van der Waals surface area contributed by atoms with E-state index in [2.05, 4.69) is 0 Å². The number of rotatable bonds is 6. The Kier molecular flexibility index (Phi) is 6.78. The monoisotopic (exact) mass is 608 g/mol. The van der Waals surface area contributed by atoms with E-state index in [1.165, 1.54) is 9.80 Å². The van der Waals surface area contributed by atoms with E-state index in [1.54, 1.807) is 72.8 Å². The number of carbonyl (C=O) groups excluding carboxylic acids is 4. The molecule has 7 rings (SSSR count). The van der Waals surface area contributed by atoms with Crippen molar-refractivity contribution in [3.8, 4) is 23.0 Å². The van der Waals surface area contributed by atoms with Gasteiger partial charge in [0.25, 0.3) is 23.6 Å². The lowest BCUT2D eigenvalue weighted by Gasteiger charge is -2.15. The van der Waals surface area contributed by atoms with Crippen LogP contribution < -0.4 is 19.3 Å². The van der Waals surface area contributed by atoms with Crippen LogP contribution in [0, 0.1) is 27.7 Å². The van der Waals surface area contributed by atoms with Gasteiger partial charge in [0.05, 0.1) is 33.6 Å². The minimum Gasteiger partial charge on any atom is -0.457 e. The van der Waals surface area contributed by atoms with E-state index >= 15 is 0 Å². The predicted octanol–water partition coefficient (Wildman–Crippen LogP) is 8.11. The normalized spacial score (nSPS) is 13.7. The summed E-state index contributed by atoms with van der Waals surface area (Å²) in [4.78, 5) is 55.0. The molecule has 0 unspecified atom stereocenters. The van der Waals surface area contributed by atoms with Gasteiger partial charge in [-0.1, -0.05) is 12.1 Å². The number of fused-ring (bicyclic) bond motifs is 2. The Balaban J connectivity index is 1.05. The first kappa shape index (κ1) is 28.7. The summed E-state index contributed by atoms with van der Waals surface area (Å²) >= 11 is 0. The minimum absolute atomic E-state index is 0.279. The summed E-state index contributed by atoms with van der Waals surface area (Å²) in [6.45, 7) is 7.83. The van der Waals surface area contributed by atoms with Crippen LogP contribution in [0.25, 0.3) is 0 Å². The molecule has 0 radical (unpaired) electrons. The molecule has 5 aromatic carbocycles. The maximum absolute atomic E-state index is 13.2. The van der Waals surface area contributed by atoms with Crippen LogP contribution >= 0.6 is 0 Å². The second kappa shape index (κ2) is 10.9. The summed E-state index contributed by atoms with van der Waals surface area (Å²) in [7, 11) is 0. The smallest absolute Gasteiger partial charge is 0.266 e. The largest absolute Gasteiger partial charge is 0.457 e. The van der Waals surface area contributed by atoms with Crippen molar-refractivity contribution >= 4 is 35.0 Å². The van der Waals surface area contributed by atoms with Gasteiger partial charge in [0, 0.05) is 0 Å². The third kappa shape index (κ3) is 4.80. The summed E-state index contributed by atoms with van der Waals surface area (Å²) in [5.41, 5.74) is 6.41. The standard InChI is InChI=1S/C38H28N2O6/c1-21-5-7-25(17-23(21)3)39-35(41)31-15-13-29(19-33(31)37(39)43)45-27-9-11-28(12-10-27)46-30-14-16-32-34(20-30)38(44)40(36(32)42)26-8-6-22(2)24(4)18-26/h5-20H,1-4H3. The van der Waals surface area contributed by atoms with E-state index in [9.17, 15) is 19.2 Å². The zero-order valence-corrected chi connectivity index (χ0v) is 25.6. The van der Waals surface area contributed by atoms with Crippen LogP contribution in [0.1, 0.15) is 63.7 Å². The lowest BCUT2D eigenvalue weighted by atomic mass is 10.1. The second-order valence-electron chi connectivity index (χ2n) is 11.5. The summed E-state index contributed by atoms with van der Waals surface area (Å²) in [5.74, 6) is 0.269. The van der Waals surface area contributed by atoms with Crippen LogP contribution in [0.15, 0.2) is 97.1 Å². The van der Waals surface area contributed by atoms with Gasteiger partial charge in [-0.2, -0.15) is 0 Å². The second-order valence-corrected chi connectivity index (χ2v) is 11.5. The molecular weight excluding hydrogens is 580 g/mol. The van der Waals surface area contributed by atoms with Crippen molar-refractivity contribution in [2.45, 2.75) is 27.7 Å². The van der Waals surface area contributed by atoms with Crippen LogP contribution in [0.4, 0.5) is 11.4 Å². The maximum atomic E-state index is 13.2. The molecule has 226 valence electrons. The third-order valence-corrected chi connectivity index (χ3v) is 8.51. The number of ether oxygens (including phenoxy) is 2. The molecule has 0 saturated carbocycles. The van der Waals surface area contributed by atoms with Crippen molar-refractivity contribution in [3.05, 3.63) is 142 Å². The molecule has 0 spiro atoms. The van der Waals surface area contributed by atoms with Crippen LogP contribution in [-0.2, 0) is 0 Å². The molecule has 0 N–H and O–H groups in total. The molecule has 5 aromatic rings. The highest BCUT2D eigenvalue weighted by molar-refractivity contribution is 6.35. The average Bonchev–Trinajstić information content (AvgIpc) is 3.44. The van der Waals surface area contributed by atoms with Crippen molar-refractivity contribution in [1.29, 1.82) is 0 Å². The van der Waals surface area contributed by atoms with Gasteiger partial charge in [-0.3, -0.25) is 19.2 Å². The Morgan fingerprint density at radius 2 is 0.717 bits per heavy atom. The first-order valence-corrected chi connectivity index (χ1v) is 14.7. The molecule has 0 fully saturated rings. The van der Waals surface area contributed by atoms with Crippen molar-refractivity contribution in [3.63, 3.8) is 0 Å². The van der Waals surface area contributed by atoms with Gasteiger partial charge >= 0.3 is 0 Å². The van der Waals surface area contributed by atoms with Gasteiger partial charge in [-0.25, -0.2) is 9.80 Å². The molecule has 8 nitrogen and oxygen atoms in total. The fourth-order valence-electron chi connectivity index (χ4n) is 5.61. The number of hydrogen-bond acceptors (Lipinski definition) is 6. The topological polar surface area (TPSA) is 93.2 Å². The van der Waals surface area contributed by atoms with Crippen LogP contribution in [0.5, 0.6) is 23.0 Å². The number of carbonyl (C=O) groups is 4. The fraction of sp³-hybridized carbons (Fsp3) is 0.105. The molecule has 2 aliphatic heterocycles. The van der Waals surface area contributed by atoms with Crippen molar-refractivity contribution in [1.82, 2.24) is 0 Å². The Labute approximate surface area is 265 Å². The molecule has 2 aliphatic rings. The highest BCUT2D eigenvalue weighted by Crippen LogP contribution is 2.35. The van der Waals surface area contributed by atoms with E-state index in [0.717, 1.165) is 22.3 Å². The molecule has 2 heterocycles. The molecule has 0 saturated heterocycles. The number of aryl methyl sites for hydroxylation is 4. The van der Waals surface area contributed by atoms with Crippen molar-refractivity contribution in [2.75, 3.05) is 9.80 Å². The number of benzene rings is 5. The molecular formula is C38H28N2O6. The highest BCUT2D eigenvalue weighted by Gasteiger charge is 2.38. The summed E-state index contributed by atoms with van der Waals surface area (Å²) in [6.07, 6.45) is 0. The zero-order valence-electron chi connectivity index (χ0n) is 25.6. The Bertz CT molecular complexity index is 1980. The van der Waals surface area contributed by atoms with Gasteiger partial charge in [-0.15, -0.1) is 0 Å². The van der Waals surface area contributed by atoms with E-state index in [0.29, 0.717) is 45.5 Å². The molecule has 4 amide bonds. The van der Waals surface area contributed by atoms with Gasteiger partial charge < -0.3 is 9.47 Å². The first-order chi connectivity index (χ1) is 22.1. The van der Waals surface area contributed by atoms with E-state index in [-0.39, 0.29) is 22.9 Å². The summed E-state index contributed by atoms with van der Waals surface area (Å²) in [6, 6.07) is 27.5. The highest BCUT2D eigenvalue weighted by atomic mass is 16.5. The van der Waals surface area contributed by atoms with E-state index in [4.69, 9.17) is 9.47 Å². The summed E-state index contributed by atoms with van der Waals surface area (Å²) in [5, 5.41) is 0. The van der Waals surface area contributed by atoms with Gasteiger partial charge in [-0.05, 0) is 135 Å². The van der Waals surface area contributed by atoms with Gasteiger partial charge in [0.15, 0.2) is 0 Å². The van der Waals surface area contributed by atoms with E-state index in [1.807, 2.05) is 52.0 Å². The SMILES string of the molecule is Cc1ccc(N2C(=O)c3ccc(Oc4ccc(Oc5ccc6c(c5)C(=O)N(c5ccc(C)c(C)c5)C6=O)cc4)cc3C2=O)cc1C. The molecule has 8 heteroatoms. The number of hydrogen-bond donors (Lipinski definition) is 0. The third-order valence-electron chi connectivity index (χ3n) is 8.51. The van der Waals surface area contributed by atoms with Gasteiger partial charge in [0.1, 0.15) is 23.0 Å². The van der Waals surface area contributed by atoms with Crippen LogP contribution in [0.3, 0.4) is 0 Å². The van der Waals surface area contributed by atoms with Crippen molar-refractivity contribution < 1.29 is 28.7 Å². The molecule has 0 atom stereocenters. The van der Waals surface area contributed by atoms with Crippen LogP contribution in [-0.4, -0.2) is 23.6 Å². The molecule has 46 heavy (non-hydrogen) atoms. The Morgan fingerprint density at radius 3 is 1.09 bits per heavy atom. The van der Waals surface area contributed by atoms with Crippen LogP contribution in [0.2, 0.25) is 0 Å². The molecule has 0 bridgehead atoms. The van der Waals surface area contributed by atoms with E-state index < -0.39 is 11.8 Å². The number of anilines is 2.